The molecule has 0 unspecified atom stereocenters. The van der Waals surface area contributed by atoms with Gasteiger partial charge in [0.15, 0.2) is 0 Å². The molecule has 5 N–H and O–H groups in total. The first-order valence-electron chi connectivity index (χ1n) is 4.01. The summed E-state index contributed by atoms with van der Waals surface area (Å²) < 4.78 is 30.6. The van der Waals surface area contributed by atoms with Crippen LogP contribution in [0.4, 0.5) is 11.4 Å². The lowest BCUT2D eigenvalue weighted by Gasteiger charge is -2.07. The van der Waals surface area contributed by atoms with Crippen LogP contribution in [0, 0.1) is 0 Å². The molecule has 0 fully saturated rings. The van der Waals surface area contributed by atoms with E-state index in [4.69, 9.17) is 16.0 Å². The molecule has 0 aromatic heterocycles. The quantitative estimate of drug-likeness (QED) is 0.497. The van der Waals surface area contributed by atoms with Crippen LogP contribution < -0.4 is 11.5 Å². The van der Waals surface area contributed by atoms with Gasteiger partial charge in [-0.1, -0.05) is 6.92 Å². The van der Waals surface area contributed by atoms with Gasteiger partial charge in [0.05, 0.1) is 5.69 Å². The van der Waals surface area contributed by atoms with Crippen molar-refractivity contribution >= 4 is 21.5 Å². The van der Waals surface area contributed by atoms with E-state index in [0.29, 0.717) is 17.7 Å². The number of nitrogens with two attached hydrogens (primary N) is 2. The first kappa shape index (κ1) is 10.8. The van der Waals surface area contributed by atoms with Gasteiger partial charge in [0.25, 0.3) is 10.1 Å². The van der Waals surface area contributed by atoms with Gasteiger partial charge in [0, 0.05) is 5.69 Å². The van der Waals surface area contributed by atoms with Gasteiger partial charge in [0.1, 0.15) is 4.90 Å². The molecule has 0 aliphatic rings. The summed E-state index contributed by atoms with van der Waals surface area (Å²) in [5.41, 5.74) is 12.0. The molecule has 0 aliphatic carbocycles. The SMILES string of the molecule is CCc1cc(S(=O)(=O)O)c(N)cc1N. The maximum atomic E-state index is 10.9. The molecule has 1 rings (SSSR count). The van der Waals surface area contributed by atoms with Crippen molar-refractivity contribution < 1.29 is 13.0 Å². The number of anilines is 2. The van der Waals surface area contributed by atoms with E-state index < -0.39 is 10.1 Å². The van der Waals surface area contributed by atoms with Crippen molar-refractivity contribution in [2.75, 3.05) is 11.5 Å². The maximum absolute atomic E-state index is 10.9. The third-order valence-electron chi connectivity index (χ3n) is 1.93. The maximum Gasteiger partial charge on any atom is 0.296 e. The largest absolute Gasteiger partial charge is 0.398 e. The number of rotatable bonds is 2. The molecule has 0 heterocycles. The molecule has 6 heteroatoms. The van der Waals surface area contributed by atoms with Crippen LogP contribution in [0.25, 0.3) is 0 Å². The van der Waals surface area contributed by atoms with E-state index in [1.807, 2.05) is 6.92 Å². The molecule has 0 saturated heterocycles. The summed E-state index contributed by atoms with van der Waals surface area (Å²) in [6.07, 6.45) is 0.578. The molecule has 1 aromatic rings. The van der Waals surface area contributed by atoms with Crippen LogP contribution in [0.15, 0.2) is 17.0 Å². The minimum absolute atomic E-state index is 0.0396. The van der Waals surface area contributed by atoms with Gasteiger partial charge in [-0.15, -0.1) is 0 Å². The zero-order valence-electron chi connectivity index (χ0n) is 7.69. The molecule has 0 amide bonds. The van der Waals surface area contributed by atoms with Crippen LogP contribution in [0.2, 0.25) is 0 Å². The van der Waals surface area contributed by atoms with Crippen LogP contribution in [-0.2, 0) is 16.5 Å². The first-order chi connectivity index (χ1) is 6.36. The van der Waals surface area contributed by atoms with E-state index in [-0.39, 0.29) is 10.6 Å². The van der Waals surface area contributed by atoms with E-state index in [0.717, 1.165) is 0 Å². The second-order valence-corrected chi connectivity index (χ2v) is 4.31. The van der Waals surface area contributed by atoms with Gasteiger partial charge < -0.3 is 11.5 Å². The molecule has 5 nitrogen and oxygen atoms in total. The van der Waals surface area contributed by atoms with E-state index in [1.165, 1.54) is 12.1 Å². The zero-order chi connectivity index (χ0) is 10.9. The Kier molecular flexibility index (Phi) is 2.68. The summed E-state index contributed by atoms with van der Waals surface area (Å²) in [5, 5.41) is 0. The average molecular weight is 216 g/mol. The topological polar surface area (TPSA) is 106 Å². The van der Waals surface area contributed by atoms with E-state index in [1.54, 1.807) is 0 Å². The first-order valence-corrected chi connectivity index (χ1v) is 5.45. The predicted octanol–water partition coefficient (Wildman–Crippen LogP) is 0.660. The van der Waals surface area contributed by atoms with Crippen LogP contribution in [-0.4, -0.2) is 13.0 Å². The van der Waals surface area contributed by atoms with Crippen molar-refractivity contribution in [1.82, 2.24) is 0 Å². The van der Waals surface area contributed by atoms with Crippen molar-refractivity contribution in [3.8, 4) is 0 Å². The summed E-state index contributed by atoms with van der Waals surface area (Å²) in [7, 11) is -4.26. The zero-order valence-corrected chi connectivity index (χ0v) is 8.50. The number of nitrogen functional groups attached to an aromatic ring is 2. The predicted molar refractivity (Wildman–Crippen MR) is 54.5 cm³/mol. The van der Waals surface area contributed by atoms with Gasteiger partial charge in [-0.2, -0.15) is 8.42 Å². The van der Waals surface area contributed by atoms with Crippen LogP contribution in [0.5, 0.6) is 0 Å². The Morgan fingerprint density at radius 1 is 1.29 bits per heavy atom. The number of benzene rings is 1. The van der Waals surface area contributed by atoms with Gasteiger partial charge in [0.2, 0.25) is 0 Å². The highest BCUT2D eigenvalue weighted by Gasteiger charge is 2.15. The molecule has 0 bridgehead atoms. The van der Waals surface area contributed by atoms with Crippen molar-refractivity contribution in [2.24, 2.45) is 0 Å². The van der Waals surface area contributed by atoms with E-state index in [2.05, 4.69) is 0 Å². The summed E-state index contributed by atoms with van der Waals surface area (Å²) >= 11 is 0. The van der Waals surface area contributed by atoms with Crippen LogP contribution >= 0.6 is 0 Å². The van der Waals surface area contributed by atoms with Crippen molar-refractivity contribution in [1.29, 1.82) is 0 Å². The molecule has 1 aromatic carbocycles. The lowest BCUT2D eigenvalue weighted by Crippen LogP contribution is -2.06. The number of hydrogen-bond acceptors (Lipinski definition) is 4. The van der Waals surface area contributed by atoms with Crippen molar-refractivity contribution in [3.05, 3.63) is 17.7 Å². The Hall–Kier alpha value is -1.27. The summed E-state index contributed by atoms with van der Waals surface area (Å²) in [6.45, 7) is 1.83. The summed E-state index contributed by atoms with van der Waals surface area (Å²) in [6, 6.07) is 2.63. The Bertz CT molecular complexity index is 454. The highest BCUT2D eigenvalue weighted by atomic mass is 32.2. The molecule has 78 valence electrons. The Balaban J connectivity index is 3.47. The normalized spacial score (nSPS) is 11.6. The molecule has 0 atom stereocenters. The smallest absolute Gasteiger partial charge is 0.296 e. The van der Waals surface area contributed by atoms with Gasteiger partial charge in [-0.3, -0.25) is 4.55 Å². The van der Waals surface area contributed by atoms with Crippen LogP contribution in [0.3, 0.4) is 0 Å². The summed E-state index contributed by atoms with van der Waals surface area (Å²) in [4.78, 5) is -0.288. The number of hydrogen-bond donors (Lipinski definition) is 3. The minimum Gasteiger partial charge on any atom is -0.398 e. The second kappa shape index (κ2) is 3.47. The third kappa shape index (κ3) is 1.97. The van der Waals surface area contributed by atoms with Gasteiger partial charge >= 0.3 is 0 Å². The molecule has 0 saturated carbocycles. The Morgan fingerprint density at radius 2 is 1.86 bits per heavy atom. The minimum atomic E-state index is -4.26. The van der Waals surface area contributed by atoms with Crippen molar-refractivity contribution in [2.45, 2.75) is 18.2 Å². The Morgan fingerprint density at radius 3 is 2.29 bits per heavy atom. The monoisotopic (exact) mass is 216 g/mol. The van der Waals surface area contributed by atoms with Gasteiger partial charge in [-0.25, -0.2) is 0 Å². The lowest BCUT2D eigenvalue weighted by atomic mass is 10.1. The highest BCUT2D eigenvalue weighted by molar-refractivity contribution is 7.86. The van der Waals surface area contributed by atoms with Crippen LogP contribution in [0.1, 0.15) is 12.5 Å². The lowest BCUT2D eigenvalue weighted by molar-refractivity contribution is 0.483. The molecule has 0 radical (unpaired) electrons. The average Bonchev–Trinajstić information content (AvgIpc) is 2.02. The second-order valence-electron chi connectivity index (χ2n) is 2.92. The fraction of sp³-hybridized carbons (Fsp3) is 0.250. The molecular weight excluding hydrogens is 204 g/mol. The highest BCUT2D eigenvalue weighted by Crippen LogP contribution is 2.24. The number of aryl methyl sites for hydroxylation is 1. The van der Waals surface area contributed by atoms with E-state index >= 15 is 0 Å². The van der Waals surface area contributed by atoms with E-state index in [9.17, 15) is 8.42 Å². The van der Waals surface area contributed by atoms with Crippen molar-refractivity contribution in [3.63, 3.8) is 0 Å². The third-order valence-corrected chi connectivity index (χ3v) is 2.84. The Labute approximate surface area is 82.5 Å². The fourth-order valence-corrected chi connectivity index (χ4v) is 1.83. The van der Waals surface area contributed by atoms with Gasteiger partial charge in [-0.05, 0) is 24.1 Å². The molecular formula is C8H12N2O3S. The standard InChI is InChI=1S/C8H12N2O3S/c1-2-5-3-8(14(11,12)13)7(10)4-6(5)9/h3-4H,2,9-10H2,1H3,(H,11,12,13). The fourth-order valence-electron chi connectivity index (χ4n) is 1.19. The summed E-state index contributed by atoms with van der Waals surface area (Å²) in [5.74, 6) is 0. The molecule has 0 aliphatic heterocycles. The molecule has 14 heavy (non-hydrogen) atoms. The molecule has 0 spiro atoms.